The molecule has 1 heterocycles. The zero-order chi connectivity index (χ0) is 14.2. The summed E-state index contributed by atoms with van der Waals surface area (Å²) in [5.41, 5.74) is 6.95. The minimum Gasteiger partial charge on any atom is -0.378 e. The molecular weight excluding hydrogens is 252 g/mol. The van der Waals surface area contributed by atoms with Crippen LogP contribution in [-0.4, -0.2) is 25.2 Å². The molecule has 1 aliphatic heterocycles. The number of hydrogen-bond donors (Lipinski definition) is 2. The van der Waals surface area contributed by atoms with Crippen LogP contribution in [0, 0.1) is 11.8 Å². The number of carbonyl (C=O) groups excluding carboxylic acids is 1. The standard InChI is InChI=1S/C16H20N2O2/c17-9-4-6-13-5-3-7-14(11-13)18-16(19)12-15-8-1-2-10-20-15/h3,5,7,11,15H,1-2,8-10,12,17H2,(H,18,19). The van der Waals surface area contributed by atoms with Crippen molar-refractivity contribution in [3.8, 4) is 11.8 Å². The minimum absolute atomic E-state index is 0.0131. The van der Waals surface area contributed by atoms with Gasteiger partial charge in [0.05, 0.1) is 19.1 Å². The maximum Gasteiger partial charge on any atom is 0.226 e. The minimum atomic E-state index is -0.0131. The number of nitrogens with two attached hydrogens (primary N) is 1. The lowest BCUT2D eigenvalue weighted by atomic mass is 10.1. The Labute approximate surface area is 119 Å². The second-order valence-electron chi connectivity index (χ2n) is 4.83. The molecule has 4 heteroatoms. The number of amides is 1. The Morgan fingerprint density at radius 2 is 2.35 bits per heavy atom. The largest absolute Gasteiger partial charge is 0.378 e. The quantitative estimate of drug-likeness (QED) is 0.826. The maximum atomic E-state index is 12.0. The summed E-state index contributed by atoms with van der Waals surface area (Å²) in [6, 6.07) is 7.46. The molecule has 1 amide bonds. The van der Waals surface area contributed by atoms with Crippen LogP contribution in [-0.2, 0) is 9.53 Å². The molecule has 1 aromatic rings. The van der Waals surface area contributed by atoms with E-state index >= 15 is 0 Å². The van der Waals surface area contributed by atoms with Crippen LogP contribution in [0.1, 0.15) is 31.2 Å². The van der Waals surface area contributed by atoms with Crippen molar-refractivity contribution >= 4 is 11.6 Å². The Kier molecular flexibility index (Phi) is 5.60. The van der Waals surface area contributed by atoms with Crippen LogP contribution in [0.3, 0.4) is 0 Å². The van der Waals surface area contributed by atoms with Crippen LogP contribution in [0.5, 0.6) is 0 Å². The monoisotopic (exact) mass is 272 g/mol. The van der Waals surface area contributed by atoms with Crippen molar-refractivity contribution in [1.29, 1.82) is 0 Å². The van der Waals surface area contributed by atoms with E-state index in [1.54, 1.807) is 0 Å². The fraction of sp³-hybridized carbons (Fsp3) is 0.438. The van der Waals surface area contributed by atoms with Crippen LogP contribution in [0.2, 0.25) is 0 Å². The number of carbonyl (C=O) groups is 1. The van der Waals surface area contributed by atoms with Crippen molar-refractivity contribution in [3.63, 3.8) is 0 Å². The van der Waals surface area contributed by atoms with Gasteiger partial charge in [-0.3, -0.25) is 4.79 Å². The lowest BCUT2D eigenvalue weighted by Gasteiger charge is -2.21. The third-order valence-corrected chi connectivity index (χ3v) is 3.17. The molecule has 1 aromatic carbocycles. The van der Waals surface area contributed by atoms with E-state index in [-0.39, 0.29) is 12.0 Å². The van der Waals surface area contributed by atoms with Gasteiger partial charge in [0, 0.05) is 17.9 Å². The molecule has 1 aliphatic rings. The highest BCUT2D eigenvalue weighted by molar-refractivity contribution is 5.91. The second-order valence-corrected chi connectivity index (χ2v) is 4.83. The Hall–Kier alpha value is -1.83. The Balaban J connectivity index is 1.90. The molecule has 0 aliphatic carbocycles. The van der Waals surface area contributed by atoms with E-state index in [1.165, 1.54) is 0 Å². The van der Waals surface area contributed by atoms with E-state index in [2.05, 4.69) is 17.2 Å². The molecule has 0 spiro atoms. The molecule has 0 bridgehead atoms. The number of hydrogen-bond acceptors (Lipinski definition) is 3. The van der Waals surface area contributed by atoms with E-state index in [1.807, 2.05) is 24.3 Å². The summed E-state index contributed by atoms with van der Waals surface area (Å²) in [5, 5.41) is 2.89. The molecule has 4 nitrogen and oxygen atoms in total. The first-order valence-electron chi connectivity index (χ1n) is 6.98. The third-order valence-electron chi connectivity index (χ3n) is 3.17. The summed E-state index contributed by atoms with van der Waals surface area (Å²) in [6.07, 6.45) is 3.68. The lowest BCUT2D eigenvalue weighted by molar-refractivity contribution is -0.119. The van der Waals surface area contributed by atoms with Crippen LogP contribution in [0.4, 0.5) is 5.69 Å². The Morgan fingerprint density at radius 3 is 3.10 bits per heavy atom. The van der Waals surface area contributed by atoms with Gasteiger partial charge in [0.1, 0.15) is 0 Å². The average molecular weight is 272 g/mol. The van der Waals surface area contributed by atoms with Gasteiger partial charge in [-0.25, -0.2) is 0 Å². The zero-order valence-corrected chi connectivity index (χ0v) is 11.5. The second kappa shape index (κ2) is 7.68. The number of anilines is 1. The fourth-order valence-electron chi connectivity index (χ4n) is 2.21. The summed E-state index contributed by atoms with van der Waals surface area (Å²) in [5.74, 6) is 5.73. The van der Waals surface area contributed by atoms with E-state index in [0.29, 0.717) is 13.0 Å². The Bertz CT molecular complexity index is 511. The van der Waals surface area contributed by atoms with E-state index in [0.717, 1.165) is 37.1 Å². The van der Waals surface area contributed by atoms with Crippen molar-refractivity contribution in [1.82, 2.24) is 0 Å². The van der Waals surface area contributed by atoms with Gasteiger partial charge in [0.25, 0.3) is 0 Å². The Morgan fingerprint density at radius 1 is 1.45 bits per heavy atom. The van der Waals surface area contributed by atoms with Gasteiger partial charge in [0.2, 0.25) is 5.91 Å². The highest BCUT2D eigenvalue weighted by Crippen LogP contribution is 2.17. The highest BCUT2D eigenvalue weighted by Gasteiger charge is 2.17. The van der Waals surface area contributed by atoms with Crippen molar-refractivity contribution in [2.45, 2.75) is 31.8 Å². The van der Waals surface area contributed by atoms with E-state index < -0.39 is 0 Å². The first-order valence-corrected chi connectivity index (χ1v) is 6.98. The highest BCUT2D eigenvalue weighted by atomic mass is 16.5. The summed E-state index contributed by atoms with van der Waals surface area (Å²) in [6.45, 7) is 1.09. The van der Waals surface area contributed by atoms with Crippen molar-refractivity contribution in [2.24, 2.45) is 5.73 Å². The van der Waals surface area contributed by atoms with Crippen LogP contribution < -0.4 is 11.1 Å². The zero-order valence-electron chi connectivity index (χ0n) is 11.5. The van der Waals surface area contributed by atoms with Gasteiger partial charge < -0.3 is 15.8 Å². The molecule has 3 N–H and O–H groups in total. The fourth-order valence-corrected chi connectivity index (χ4v) is 2.21. The lowest BCUT2D eigenvalue weighted by Crippen LogP contribution is -2.25. The molecule has 20 heavy (non-hydrogen) atoms. The molecule has 1 atom stereocenters. The number of nitrogens with one attached hydrogen (secondary N) is 1. The molecule has 2 rings (SSSR count). The van der Waals surface area contributed by atoms with Crippen molar-refractivity contribution < 1.29 is 9.53 Å². The number of rotatable bonds is 3. The molecule has 0 aromatic heterocycles. The molecule has 0 radical (unpaired) electrons. The van der Waals surface area contributed by atoms with Gasteiger partial charge in [-0.1, -0.05) is 17.9 Å². The van der Waals surface area contributed by atoms with Crippen LogP contribution in [0.25, 0.3) is 0 Å². The van der Waals surface area contributed by atoms with Crippen LogP contribution in [0.15, 0.2) is 24.3 Å². The van der Waals surface area contributed by atoms with Gasteiger partial charge >= 0.3 is 0 Å². The van der Waals surface area contributed by atoms with Crippen molar-refractivity contribution in [2.75, 3.05) is 18.5 Å². The van der Waals surface area contributed by atoms with Gasteiger partial charge in [0.15, 0.2) is 0 Å². The SMILES string of the molecule is NCC#Cc1cccc(NC(=O)CC2CCCCO2)c1. The van der Waals surface area contributed by atoms with Crippen LogP contribution >= 0.6 is 0 Å². The van der Waals surface area contributed by atoms with Crippen molar-refractivity contribution in [3.05, 3.63) is 29.8 Å². The molecule has 1 unspecified atom stereocenters. The molecular formula is C16H20N2O2. The van der Waals surface area contributed by atoms with E-state index in [9.17, 15) is 4.79 Å². The smallest absolute Gasteiger partial charge is 0.226 e. The molecule has 1 fully saturated rings. The van der Waals surface area contributed by atoms with Gasteiger partial charge in [-0.05, 0) is 37.5 Å². The first kappa shape index (κ1) is 14.6. The predicted octanol–water partition coefficient (Wildman–Crippen LogP) is 1.89. The molecule has 106 valence electrons. The summed E-state index contributed by atoms with van der Waals surface area (Å²) in [4.78, 5) is 12.0. The average Bonchev–Trinajstić information content (AvgIpc) is 2.46. The third kappa shape index (κ3) is 4.69. The molecule has 0 saturated carbocycles. The number of ether oxygens (including phenoxy) is 1. The summed E-state index contributed by atoms with van der Waals surface area (Å²) in [7, 11) is 0. The summed E-state index contributed by atoms with van der Waals surface area (Å²) >= 11 is 0. The first-order chi connectivity index (χ1) is 9.78. The number of benzene rings is 1. The normalized spacial score (nSPS) is 17.9. The molecule has 1 saturated heterocycles. The maximum absolute atomic E-state index is 12.0. The van der Waals surface area contributed by atoms with Gasteiger partial charge in [-0.15, -0.1) is 0 Å². The van der Waals surface area contributed by atoms with Gasteiger partial charge in [-0.2, -0.15) is 0 Å². The topological polar surface area (TPSA) is 64.3 Å². The summed E-state index contributed by atoms with van der Waals surface area (Å²) < 4.78 is 5.57. The predicted molar refractivity (Wildman–Crippen MR) is 79.2 cm³/mol. The van der Waals surface area contributed by atoms with E-state index in [4.69, 9.17) is 10.5 Å².